The largest absolute Gasteiger partial charge is 0.415 e. The van der Waals surface area contributed by atoms with Gasteiger partial charge >= 0.3 is 0 Å². The van der Waals surface area contributed by atoms with Gasteiger partial charge in [-0.1, -0.05) is 18.2 Å². The number of sulfone groups is 1. The molecule has 0 radical (unpaired) electrons. The summed E-state index contributed by atoms with van der Waals surface area (Å²) >= 11 is 0. The van der Waals surface area contributed by atoms with Crippen LogP contribution in [0, 0.1) is 6.92 Å². The Labute approximate surface area is 176 Å². The SMILES string of the molecule is Cc1ncc(-c2ccc(S(=O)(=O)C(C)C)cc2)nc1-c1nnc(C2=CCNCC2)o1.[HH]. The second-order valence-electron chi connectivity index (χ2n) is 7.40. The number of hydrogen-bond donors (Lipinski definition) is 1. The Morgan fingerprint density at radius 2 is 1.87 bits per heavy atom. The average molecular weight is 428 g/mol. The quantitative estimate of drug-likeness (QED) is 0.660. The fourth-order valence-corrected chi connectivity index (χ4v) is 4.20. The van der Waals surface area contributed by atoms with Gasteiger partial charge in [-0.3, -0.25) is 4.98 Å². The summed E-state index contributed by atoms with van der Waals surface area (Å²) in [4.78, 5) is 9.37. The second kappa shape index (κ2) is 8.08. The summed E-state index contributed by atoms with van der Waals surface area (Å²) in [5, 5.41) is 11.1. The van der Waals surface area contributed by atoms with E-state index in [1.165, 1.54) is 0 Å². The van der Waals surface area contributed by atoms with E-state index >= 15 is 0 Å². The number of rotatable bonds is 5. The average Bonchev–Trinajstić information content (AvgIpc) is 3.25. The van der Waals surface area contributed by atoms with E-state index in [9.17, 15) is 8.42 Å². The first kappa shape index (κ1) is 20.4. The Hall–Kier alpha value is -2.91. The van der Waals surface area contributed by atoms with Crippen molar-refractivity contribution >= 4 is 15.4 Å². The zero-order valence-corrected chi connectivity index (χ0v) is 17.9. The molecule has 8 nitrogen and oxygen atoms in total. The van der Waals surface area contributed by atoms with Gasteiger partial charge in [0.05, 0.1) is 27.7 Å². The molecule has 3 aromatic rings. The Kier molecular flexibility index (Phi) is 5.48. The van der Waals surface area contributed by atoms with Crippen molar-refractivity contribution < 1.29 is 14.3 Å². The molecule has 1 aromatic carbocycles. The maximum absolute atomic E-state index is 12.3. The molecule has 158 valence electrons. The normalized spacial score (nSPS) is 14.7. The van der Waals surface area contributed by atoms with Crippen LogP contribution >= 0.6 is 0 Å². The Morgan fingerprint density at radius 3 is 2.53 bits per heavy atom. The van der Waals surface area contributed by atoms with E-state index < -0.39 is 15.1 Å². The molecule has 0 fully saturated rings. The molecule has 2 aromatic heterocycles. The highest BCUT2D eigenvalue weighted by molar-refractivity contribution is 7.92. The molecule has 1 aliphatic heterocycles. The van der Waals surface area contributed by atoms with Crippen molar-refractivity contribution in [2.24, 2.45) is 0 Å². The highest BCUT2D eigenvalue weighted by Gasteiger charge is 2.20. The van der Waals surface area contributed by atoms with Crippen LogP contribution < -0.4 is 5.32 Å². The summed E-state index contributed by atoms with van der Waals surface area (Å²) in [6, 6.07) is 6.66. The van der Waals surface area contributed by atoms with Crippen LogP contribution in [-0.4, -0.2) is 46.9 Å². The summed E-state index contributed by atoms with van der Waals surface area (Å²) in [5.41, 5.74) is 3.57. The highest BCUT2D eigenvalue weighted by Crippen LogP contribution is 2.27. The highest BCUT2D eigenvalue weighted by atomic mass is 32.2. The van der Waals surface area contributed by atoms with Crippen LogP contribution in [0.1, 0.15) is 33.3 Å². The van der Waals surface area contributed by atoms with Gasteiger partial charge in [0.15, 0.2) is 9.84 Å². The van der Waals surface area contributed by atoms with Crippen LogP contribution in [0.3, 0.4) is 0 Å². The molecular formula is C21H25N5O3S. The van der Waals surface area contributed by atoms with Crippen molar-refractivity contribution in [1.82, 2.24) is 25.5 Å². The fraction of sp³-hybridized carbons (Fsp3) is 0.333. The Morgan fingerprint density at radius 1 is 1.13 bits per heavy atom. The van der Waals surface area contributed by atoms with Gasteiger partial charge in [0, 0.05) is 19.1 Å². The molecule has 3 heterocycles. The van der Waals surface area contributed by atoms with Crippen LogP contribution in [0.4, 0.5) is 0 Å². The third-order valence-corrected chi connectivity index (χ3v) is 7.19. The fourth-order valence-electron chi connectivity index (χ4n) is 3.14. The first-order chi connectivity index (χ1) is 14.4. The lowest BCUT2D eigenvalue weighted by Crippen LogP contribution is -2.20. The van der Waals surface area contributed by atoms with E-state index in [0.717, 1.165) is 30.6 Å². The van der Waals surface area contributed by atoms with Crippen LogP contribution in [0.15, 0.2) is 45.9 Å². The zero-order chi connectivity index (χ0) is 21.3. The summed E-state index contributed by atoms with van der Waals surface area (Å²) in [6.45, 7) is 6.82. The first-order valence-corrected chi connectivity index (χ1v) is 11.3. The Balaban J connectivity index is 0.00000272. The molecule has 0 saturated heterocycles. The van der Waals surface area contributed by atoms with Crippen LogP contribution in [0.2, 0.25) is 0 Å². The lowest BCUT2D eigenvalue weighted by molar-refractivity contribution is 0.543. The van der Waals surface area contributed by atoms with Gasteiger partial charge in [0.25, 0.3) is 5.89 Å². The van der Waals surface area contributed by atoms with Crippen molar-refractivity contribution in [3.05, 3.63) is 48.1 Å². The number of aromatic nitrogens is 4. The van der Waals surface area contributed by atoms with Crippen LogP contribution in [-0.2, 0) is 9.84 Å². The van der Waals surface area contributed by atoms with Gasteiger partial charge in [-0.05, 0) is 45.9 Å². The first-order valence-electron chi connectivity index (χ1n) is 9.78. The smallest absolute Gasteiger partial charge is 0.268 e. The van der Waals surface area contributed by atoms with E-state index in [1.807, 2.05) is 13.0 Å². The topological polar surface area (TPSA) is 111 Å². The minimum atomic E-state index is -3.32. The molecule has 0 unspecified atom stereocenters. The minimum absolute atomic E-state index is 0. The van der Waals surface area contributed by atoms with E-state index in [0.29, 0.717) is 33.8 Å². The van der Waals surface area contributed by atoms with Crippen molar-refractivity contribution in [3.8, 4) is 22.8 Å². The summed E-state index contributed by atoms with van der Waals surface area (Å²) in [6.07, 6.45) is 4.53. The maximum atomic E-state index is 12.3. The predicted octanol–water partition coefficient (Wildman–Crippen LogP) is 3.31. The van der Waals surface area contributed by atoms with Crippen LogP contribution in [0.5, 0.6) is 0 Å². The van der Waals surface area contributed by atoms with E-state index in [1.54, 1.807) is 44.3 Å². The monoisotopic (exact) mass is 427 g/mol. The lowest BCUT2D eigenvalue weighted by atomic mass is 10.1. The third-order valence-electron chi connectivity index (χ3n) is 5.02. The summed E-state index contributed by atoms with van der Waals surface area (Å²) < 4.78 is 30.5. The van der Waals surface area contributed by atoms with E-state index in [-0.39, 0.29) is 1.43 Å². The van der Waals surface area contributed by atoms with Gasteiger partial charge in [-0.25, -0.2) is 13.4 Å². The molecule has 0 bridgehead atoms. The molecule has 4 rings (SSSR count). The van der Waals surface area contributed by atoms with Gasteiger partial charge in [0.1, 0.15) is 5.69 Å². The number of hydrogen-bond acceptors (Lipinski definition) is 8. The molecule has 30 heavy (non-hydrogen) atoms. The number of nitrogens with zero attached hydrogens (tertiary/aromatic N) is 4. The van der Waals surface area contributed by atoms with Gasteiger partial charge < -0.3 is 9.73 Å². The van der Waals surface area contributed by atoms with Crippen molar-refractivity contribution in [3.63, 3.8) is 0 Å². The second-order valence-corrected chi connectivity index (χ2v) is 9.91. The zero-order valence-electron chi connectivity index (χ0n) is 17.1. The van der Waals surface area contributed by atoms with E-state index in [4.69, 9.17) is 4.42 Å². The van der Waals surface area contributed by atoms with E-state index in [2.05, 4.69) is 25.5 Å². The van der Waals surface area contributed by atoms with Gasteiger partial charge in [-0.2, -0.15) is 0 Å². The maximum Gasteiger partial charge on any atom is 0.268 e. The third kappa shape index (κ3) is 3.90. The molecule has 0 amide bonds. The number of nitrogens with one attached hydrogen (secondary N) is 1. The summed E-state index contributed by atoms with van der Waals surface area (Å²) in [7, 11) is -3.32. The number of benzene rings is 1. The molecule has 1 aliphatic rings. The predicted molar refractivity (Wildman–Crippen MR) is 115 cm³/mol. The number of aryl methyl sites for hydroxylation is 1. The van der Waals surface area contributed by atoms with Gasteiger partial charge in [0.2, 0.25) is 5.89 Å². The van der Waals surface area contributed by atoms with Crippen molar-refractivity contribution in [2.75, 3.05) is 13.1 Å². The molecule has 0 saturated carbocycles. The minimum Gasteiger partial charge on any atom is -0.415 e. The molecule has 9 heteroatoms. The molecule has 0 spiro atoms. The molecule has 0 atom stereocenters. The molecular weight excluding hydrogens is 402 g/mol. The standard InChI is InChI=1S/C21H23N5O3S.H2/c1-13(2)30(27,28)17-6-4-15(5-7-17)18-12-23-14(3)19(24-18)21-26-25-20(29-21)16-8-10-22-11-9-16;/h4-8,12-13,22H,9-11H2,1-3H3;1H. The summed E-state index contributed by atoms with van der Waals surface area (Å²) in [5.74, 6) is 0.816. The molecule has 1 N–H and O–H groups in total. The van der Waals surface area contributed by atoms with Crippen molar-refractivity contribution in [2.45, 2.75) is 37.3 Å². The van der Waals surface area contributed by atoms with Crippen molar-refractivity contribution in [1.29, 1.82) is 0 Å². The molecule has 0 aliphatic carbocycles. The Bertz CT molecular complexity index is 1200. The van der Waals surface area contributed by atoms with Gasteiger partial charge in [-0.15, -0.1) is 10.2 Å². The lowest BCUT2D eigenvalue weighted by Gasteiger charge is -2.10. The van der Waals surface area contributed by atoms with Crippen LogP contribution in [0.25, 0.3) is 28.4 Å².